The number of hydrogen-bond donors (Lipinski definition) is 0. The molecule has 3 aromatic rings. The lowest BCUT2D eigenvalue weighted by atomic mass is 10.1. The minimum absolute atomic E-state index is 0.241. The van der Waals surface area contributed by atoms with Gasteiger partial charge in [-0.25, -0.2) is 0 Å². The summed E-state index contributed by atoms with van der Waals surface area (Å²) < 4.78 is 10.5. The van der Waals surface area contributed by atoms with Crippen LogP contribution < -0.4 is 4.74 Å². The maximum atomic E-state index is 11.2. The molecule has 0 heterocycles. The van der Waals surface area contributed by atoms with Crippen molar-refractivity contribution in [3.8, 4) is 5.75 Å². The molecule has 0 spiro atoms. The van der Waals surface area contributed by atoms with Crippen molar-refractivity contribution in [3.63, 3.8) is 0 Å². The van der Waals surface area contributed by atoms with Crippen LogP contribution in [0.15, 0.2) is 66.7 Å². The zero-order chi connectivity index (χ0) is 16.1. The lowest BCUT2D eigenvalue weighted by Crippen LogP contribution is -2.04. The third-order valence-electron chi connectivity index (χ3n) is 3.77. The van der Waals surface area contributed by atoms with Crippen molar-refractivity contribution in [1.29, 1.82) is 0 Å². The molecule has 0 aliphatic carbocycles. The first-order valence-corrected chi connectivity index (χ1v) is 7.51. The molecule has 0 saturated carbocycles. The highest BCUT2D eigenvalue weighted by molar-refractivity contribution is 5.85. The minimum Gasteiger partial charge on any atom is -0.489 e. The quantitative estimate of drug-likeness (QED) is 0.665. The molecule has 116 valence electrons. The van der Waals surface area contributed by atoms with Crippen LogP contribution in [0.3, 0.4) is 0 Å². The molecule has 23 heavy (non-hydrogen) atoms. The number of esters is 1. The number of rotatable bonds is 5. The van der Waals surface area contributed by atoms with E-state index in [-0.39, 0.29) is 12.4 Å². The van der Waals surface area contributed by atoms with Crippen LogP contribution in [0.1, 0.15) is 11.1 Å². The largest absolute Gasteiger partial charge is 0.489 e. The first kappa shape index (κ1) is 15.1. The summed E-state index contributed by atoms with van der Waals surface area (Å²) in [5.74, 6) is 0.543. The van der Waals surface area contributed by atoms with Gasteiger partial charge in [0.2, 0.25) is 0 Å². The Morgan fingerprint density at radius 2 is 1.65 bits per heavy atom. The molecule has 0 fully saturated rings. The standard InChI is InChI=1S/C20H18O3/c1-22-20(21)13-15-9-11-18(12-10-15)23-14-17-7-4-6-16-5-2-3-8-19(16)17/h2-12H,13-14H2,1H3. The lowest BCUT2D eigenvalue weighted by Gasteiger charge is -2.09. The molecular formula is C20H18O3. The zero-order valence-electron chi connectivity index (χ0n) is 13.0. The van der Waals surface area contributed by atoms with Crippen molar-refractivity contribution < 1.29 is 14.3 Å². The zero-order valence-corrected chi connectivity index (χ0v) is 13.0. The van der Waals surface area contributed by atoms with Crippen molar-refractivity contribution in [1.82, 2.24) is 0 Å². The number of ether oxygens (including phenoxy) is 2. The van der Waals surface area contributed by atoms with E-state index in [0.29, 0.717) is 6.61 Å². The average Bonchev–Trinajstić information content (AvgIpc) is 2.61. The van der Waals surface area contributed by atoms with Gasteiger partial charge in [-0.05, 0) is 34.0 Å². The van der Waals surface area contributed by atoms with E-state index in [9.17, 15) is 4.79 Å². The smallest absolute Gasteiger partial charge is 0.309 e. The number of carbonyl (C=O) groups excluding carboxylic acids is 1. The summed E-state index contributed by atoms with van der Waals surface area (Å²) in [5.41, 5.74) is 2.07. The fourth-order valence-electron chi connectivity index (χ4n) is 2.52. The van der Waals surface area contributed by atoms with Gasteiger partial charge in [-0.15, -0.1) is 0 Å². The number of carbonyl (C=O) groups is 1. The SMILES string of the molecule is COC(=O)Cc1ccc(OCc2cccc3ccccc23)cc1. The molecule has 0 unspecified atom stereocenters. The molecule has 0 aromatic heterocycles. The molecule has 0 atom stereocenters. The van der Waals surface area contributed by atoms with E-state index in [4.69, 9.17) is 4.74 Å². The normalized spacial score (nSPS) is 10.5. The summed E-state index contributed by atoms with van der Waals surface area (Å²) in [5, 5.41) is 2.42. The lowest BCUT2D eigenvalue weighted by molar-refractivity contribution is -0.139. The van der Waals surface area contributed by atoms with E-state index >= 15 is 0 Å². The van der Waals surface area contributed by atoms with E-state index < -0.39 is 0 Å². The number of fused-ring (bicyclic) bond motifs is 1. The van der Waals surface area contributed by atoms with Crippen LogP contribution in [-0.4, -0.2) is 13.1 Å². The molecule has 3 rings (SSSR count). The Morgan fingerprint density at radius 3 is 2.43 bits per heavy atom. The van der Waals surface area contributed by atoms with E-state index in [1.165, 1.54) is 17.9 Å². The highest BCUT2D eigenvalue weighted by atomic mass is 16.5. The van der Waals surface area contributed by atoms with Gasteiger partial charge >= 0.3 is 5.97 Å². The summed E-state index contributed by atoms with van der Waals surface area (Å²) in [7, 11) is 1.39. The van der Waals surface area contributed by atoms with Crippen LogP contribution in [-0.2, 0) is 22.6 Å². The molecular weight excluding hydrogens is 288 g/mol. The maximum absolute atomic E-state index is 11.2. The van der Waals surface area contributed by atoms with Gasteiger partial charge in [0.05, 0.1) is 13.5 Å². The van der Waals surface area contributed by atoms with Gasteiger partial charge in [0.1, 0.15) is 12.4 Å². The molecule has 3 heteroatoms. The second kappa shape index (κ2) is 6.97. The van der Waals surface area contributed by atoms with Gasteiger partial charge in [0, 0.05) is 0 Å². The maximum Gasteiger partial charge on any atom is 0.309 e. The van der Waals surface area contributed by atoms with Crippen molar-refractivity contribution in [2.24, 2.45) is 0 Å². The Morgan fingerprint density at radius 1 is 0.913 bits per heavy atom. The van der Waals surface area contributed by atoms with Crippen molar-refractivity contribution in [2.75, 3.05) is 7.11 Å². The summed E-state index contributed by atoms with van der Waals surface area (Å²) in [4.78, 5) is 11.2. The Labute approximate surface area is 135 Å². The van der Waals surface area contributed by atoms with Crippen LogP contribution in [0, 0.1) is 0 Å². The van der Waals surface area contributed by atoms with Crippen molar-refractivity contribution in [3.05, 3.63) is 77.9 Å². The van der Waals surface area contributed by atoms with Crippen molar-refractivity contribution >= 4 is 16.7 Å². The molecule has 3 aromatic carbocycles. The fraction of sp³-hybridized carbons (Fsp3) is 0.150. The molecule has 0 aliphatic rings. The van der Waals surface area contributed by atoms with E-state index in [2.05, 4.69) is 29.0 Å². The minimum atomic E-state index is -0.241. The third-order valence-corrected chi connectivity index (χ3v) is 3.77. The summed E-state index contributed by atoms with van der Waals surface area (Å²) in [6.45, 7) is 0.512. The second-order valence-electron chi connectivity index (χ2n) is 5.32. The average molecular weight is 306 g/mol. The molecule has 0 amide bonds. The number of hydrogen-bond acceptors (Lipinski definition) is 3. The summed E-state index contributed by atoms with van der Waals surface area (Å²) in [6, 6.07) is 22.0. The van der Waals surface area contributed by atoms with Crippen LogP contribution >= 0.6 is 0 Å². The van der Waals surface area contributed by atoms with Crippen LogP contribution in [0.25, 0.3) is 10.8 Å². The number of benzene rings is 3. The topological polar surface area (TPSA) is 35.5 Å². The number of methoxy groups -OCH3 is 1. The Bertz CT molecular complexity index is 801. The highest BCUT2D eigenvalue weighted by Gasteiger charge is 2.04. The van der Waals surface area contributed by atoms with Crippen LogP contribution in [0.4, 0.5) is 0 Å². The monoisotopic (exact) mass is 306 g/mol. The highest BCUT2D eigenvalue weighted by Crippen LogP contribution is 2.21. The van der Waals surface area contributed by atoms with Gasteiger partial charge in [-0.2, -0.15) is 0 Å². The predicted molar refractivity (Wildman–Crippen MR) is 90.4 cm³/mol. The van der Waals surface area contributed by atoms with Crippen molar-refractivity contribution in [2.45, 2.75) is 13.0 Å². The summed E-state index contributed by atoms with van der Waals surface area (Å²) >= 11 is 0. The van der Waals surface area contributed by atoms with Gasteiger partial charge in [0.25, 0.3) is 0 Å². The Balaban J connectivity index is 1.69. The Kier molecular flexibility index (Phi) is 4.57. The second-order valence-corrected chi connectivity index (χ2v) is 5.32. The van der Waals surface area contributed by atoms with E-state index in [1.807, 2.05) is 42.5 Å². The van der Waals surface area contributed by atoms with Gasteiger partial charge < -0.3 is 9.47 Å². The molecule has 0 aliphatic heterocycles. The van der Waals surface area contributed by atoms with Gasteiger partial charge in [-0.1, -0.05) is 54.6 Å². The first-order chi connectivity index (χ1) is 11.3. The fourth-order valence-corrected chi connectivity index (χ4v) is 2.52. The van der Waals surface area contributed by atoms with E-state index in [0.717, 1.165) is 16.9 Å². The molecule has 0 bridgehead atoms. The molecule has 0 N–H and O–H groups in total. The van der Waals surface area contributed by atoms with Crippen LogP contribution in [0.2, 0.25) is 0 Å². The molecule has 0 radical (unpaired) electrons. The molecule has 0 saturated heterocycles. The first-order valence-electron chi connectivity index (χ1n) is 7.51. The summed E-state index contributed by atoms with van der Waals surface area (Å²) in [6.07, 6.45) is 0.278. The van der Waals surface area contributed by atoms with E-state index in [1.54, 1.807) is 0 Å². The molecule has 3 nitrogen and oxygen atoms in total. The van der Waals surface area contributed by atoms with Crippen LogP contribution in [0.5, 0.6) is 5.75 Å². The van der Waals surface area contributed by atoms with Gasteiger partial charge in [-0.3, -0.25) is 4.79 Å². The third kappa shape index (κ3) is 3.69. The van der Waals surface area contributed by atoms with Gasteiger partial charge in [0.15, 0.2) is 0 Å². The Hall–Kier alpha value is -2.81. The predicted octanol–water partition coefficient (Wildman–Crippen LogP) is 4.13.